The first-order valence-corrected chi connectivity index (χ1v) is 7.91. The average Bonchev–Trinajstić information content (AvgIpc) is 2.84. The molecule has 0 spiro atoms. The van der Waals surface area contributed by atoms with Gasteiger partial charge in [0.1, 0.15) is 0 Å². The van der Waals surface area contributed by atoms with E-state index < -0.39 is 0 Å². The Morgan fingerprint density at radius 3 is 2.32 bits per heavy atom. The Balaban J connectivity index is 2.06. The Hall–Kier alpha value is -2.14. The van der Waals surface area contributed by atoms with Crippen molar-refractivity contribution in [2.24, 2.45) is 7.05 Å². The van der Waals surface area contributed by atoms with Gasteiger partial charge in [-0.15, -0.1) is 5.10 Å². The molecule has 0 amide bonds. The number of alkyl halides is 1. The van der Waals surface area contributed by atoms with Crippen molar-refractivity contribution in [3.05, 3.63) is 82.0 Å². The second-order valence-electron chi connectivity index (χ2n) is 5.22. The van der Waals surface area contributed by atoms with Crippen LogP contribution in [0.15, 0.2) is 59.4 Å². The van der Waals surface area contributed by atoms with Crippen LogP contribution in [0.4, 0.5) is 0 Å². The normalized spacial score (nSPS) is 12.3. The molecule has 0 N–H and O–H groups in total. The van der Waals surface area contributed by atoms with Gasteiger partial charge in [-0.2, -0.15) is 4.68 Å². The average molecular weight is 358 g/mol. The van der Waals surface area contributed by atoms with Gasteiger partial charge < -0.3 is 0 Å². The summed E-state index contributed by atoms with van der Waals surface area (Å²) < 4.78 is 3.01. The Morgan fingerprint density at radius 1 is 1.05 bits per heavy atom. The van der Waals surface area contributed by atoms with E-state index in [0.717, 1.165) is 16.8 Å². The lowest BCUT2D eigenvalue weighted by molar-refractivity contribution is 0.786. The molecular weight excluding hydrogens is 342 g/mol. The fourth-order valence-electron chi connectivity index (χ4n) is 2.30. The molecule has 1 aromatic heterocycles. The molecule has 0 aliphatic heterocycles. The minimum Gasteiger partial charge on any atom is -0.280 e. The van der Waals surface area contributed by atoms with Crippen molar-refractivity contribution in [3.8, 4) is 5.69 Å². The van der Waals surface area contributed by atoms with Gasteiger partial charge in [-0.05, 0) is 24.6 Å². The van der Waals surface area contributed by atoms with Crippen molar-refractivity contribution in [2.75, 3.05) is 0 Å². The Kier molecular flexibility index (Phi) is 3.98. The zero-order chi connectivity index (χ0) is 15.7. The topological polar surface area (TPSA) is 39.8 Å². The zero-order valence-corrected chi connectivity index (χ0v) is 14.0. The number of nitrogens with zero attached hydrogens (tertiary/aromatic N) is 3. The van der Waals surface area contributed by atoms with Gasteiger partial charge in [0.05, 0.1) is 10.5 Å². The Labute approximate surface area is 137 Å². The highest BCUT2D eigenvalue weighted by Gasteiger charge is 2.20. The maximum atomic E-state index is 12.5. The van der Waals surface area contributed by atoms with Crippen molar-refractivity contribution >= 4 is 15.9 Å². The van der Waals surface area contributed by atoms with Crippen LogP contribution in [0, 0.1) is 6.92 Å². The monoisotopic (exact) mass is 357 g/mol. The largest absolute Gasteiger partial charge is 0.350 e. The van der Waals surface area contributed by atoms with E-state index >= 15 is 0 Å². The second kappa shape index (κ2) is 5.93. The third kappa shape index (κ3) is 2.64. The summed E-state index contributed by atoms with van der Waals surface area (Å²) in [6, 6.07) is 17.7. The molecule has 0 saturated carbocycles. The summed E-state index contributed by atoms with van der Waals surface area (Å²) in [6.07, 6.45) is 0. The summed E-state index contributed by atoms with van der Waals surface area (Å²) in [7, 11) is 1.74. The quantitative estimate of drug-likeness (QED) is 0.674. The van der Waals surface area contributed by atoms with E-state index in [0.29, 0.717) is 5.82 Å². The molecule has 0 radical (unpaired) electrons. The molecule has 4 nitrogen and oxygen atoms in total. The van der Waals surface area contributed by atoms with E-state index in [1.165, 1.54) is 4.68 Å². The van der Waals surface area contributed by atoms with E-state index in [4.69, 9.17) is 0 Å². The first kappa shape index (κ1) is 14.8. The number of aromatic nitrogens is 3. The van der Waals surface area contributed by atoms with E-state index in [1.54, 1.807) is 11.6 Å². The molecule has 2 aromatic carbocycles. The highest BCUT2D eigenvalue weighted by molar-refractivity contribution is 9.09. The first-order chi connectivity index (χ1) is 10.6. The molecule has 5 heteroatoms. The van der Waals surface area contributed by atoms with Gasteiger partial charge in [0.25, 0.3) is 0 Å². The van der Waals surface area contributed by atoms with Crippen LogP contribution in [0.3, 0.4) is 0 Å². The third-order valence-corrected chi connectivity index (χ3v) is 4.55. The van der Waals surface area contributed by atoms with Gasteiger partial charge in [-0.25, -0.2) is 4.79 Å². The summed E-state index contributed by atoms with van der Waals surface area (Å²) in [5, 5.41) is 4.51. The highest BCUT2D eigenvalue weighted by Crippen LogP contribution is 2.28. The molecule has 0 aliphatic carbocycles. The summed E-state index contributed by atoms with van der Waals surface area (Å²) in [5.74, 6) is 0.678. The van der Waals surface area contributed by atoms with Crippen LogP contribution in [-0.2, 0) is 7.05 Å². The van der Waals surface area contributed by atoms with Crippen molar-refractivity contribution in [1.29, 1.82) is 0 Å². The van der Waals surface area contributed by atoms with Gasteiger partial charge in [0.2, 0.25) is 0 Å². The van der Waals surface area contributed by atoms with Crippen LogP contribution in [0.1, 0.15) is 21.8 Å². The molecule has 1 atom stereocenters. The lowest BCUT2D eigenvalue weighted by Gasteiger charge is -2.08. The standard InChI is InChI=1S/C17H16BrN3O/c1-12-8-10-14(11-9-12)21-17(22)20(2)16(19-21)15(18)13-6-4-3-5-7-13/h3-11,15H,1-2H3. The van der Waals surface area contributed by atoms with Crippen LogP contribution in [0.2, 0.25) is 0 Å². The smallest absolute Gasteiger partial charge is 0.280 e. The minimum atomic E-state index is -0.153. The molecule has 22 heavy (non-hydrogen) atoms. The number of benzene rings is 2. The van der Waals surface area contributed by atoms with Crippen LogP contribution in [0.5, 0.6) is 0 Å². The molecule has 3 rings (SSSR count). The second-order valence-corrected chi connectivity index (χ2v) is 6.14. The van der Waals surface area contributed by atoms with Crippen molar-refractivity contribution < 1.29 is 0 Å². The number of halogens is 1. The first-order valence-electron chi connectivity index (χ1n) is 7.00. The van der Waals surface area contributed by atoms with Crippen molar-refractivity contribution in [2.45, 2.75) is 11.8 Å². The Bertz CT molecular complexity index is 835. The van der Waals surface area contributed by atoms with Crippen LogP contribution >= 0.6 is 15.9 Å². The van der Waals surface area contributed by atoms with E-state index in [1.807, 2.05) is 61.5 Å². The number of aryl methyl sites for hydroxylation is 1. The summed E-state index contributed by atoms with van der Waals surface area (Å²) in [6.45, 7) is 2.01. The van der Waals surface area contributed by atoms with Crippen molar-refractivity contribution in [1.82, 2.24) is 14.3 Å². The predicted molar refractivity (Wildman–Crippen MR) is 90.8 cm³/mol. The molecule has 1 unspecified atom stereocenters. The molecule has 0 bridgehead atoms. The SMILES string of the molecule is Cc1ccc(-n2nc(C(Br)c3ccccc3)n(C)c2=O)cc1. The fourth-order valence-corrected chi connectivity index (χ4v) is 3.00. The summed E-state index contributed by atoms with van der Waals surface area (Å²) in [5.41, 5.74) is 2.83. The van der Waals surface area contributed by atoms with E-state index in [9.17, 15) is 4.79 Å². The summed E-state index contributed by atoms with van der Waals surface area (Å²) >= 11 is 3.64. The van der Waals surface area contributed by atoms with Crippen LogP contribution in [-0.4, -0.2) is 14.3 Å². The van der Waals surface area contributed by atoms with Gasteiger partial charge >= 0.3 is 5.69 Å². The van der Waals surface area contributed by atoms with Gasteiger partial charge in [0.15, 0.2) is 5.82 Å². The van der Waals surface area contributed by atoms with Crippen LogP contribution in [0.25, 0.3) is 5.69 Å². The van der Waals surface area contributed by atoms with Gasteiger partial charge in [-0.1, -0.05) is 64.0 Å². The van der Waals surface area contributed by atoms with Gasteiger partial charge in [0, 0.05) is 7.05 Å². The van der Waals surface area contributed by atoms with E-state index in [-0.39, 0.29) is 10.5 Å². The maximum Gasteiger partial charge on any atom is 0.350 e. The molecule has 0 saturated heterocycles. The highest BCUT2D eigenvalue weighted by atomic mass is 79.9. The van der Waals surface area contributed by atoms with Crippen LogP contribution < -0.4 is 5.69 Å². The number of rotatable bonds is 3. The molecule has 0 aliphatic rings. The lowest BCUT2D eigenvalue weighted by atomic mass is 10.1. The molecular formula is C17H16BrN3O. The zero-order valence-electron chi connectivity index (χ0n) is 12.4. The summed E-state index contributed by atoms with van der Waals surface area (Å²) in [4.78, 5) is 12.3. The number of hydrogen-bond acceptors (Lipinski definition) is 2. The fraction of sp³-hybridized carbons (Fsp3) is 0.176. The minimum absolute atomic E-state index is 0.127. The predicted octanol–water partition coefficient (Wildman–Crippen LogP) is 3.36. The van der Waals surface area contributed by atoms with Gasteiger partial charge in [-0.3, -0.25) is 4.57 Å². The van der Waals surface area contributed by atoms with E-state index in [2.05, 4.69) is 21.0 Å². The third-order valence-electron chi connectivity index (χ3n) is 3.61. The Morgan fingerprint density at radius 2 is 1.68 bits per heavy atom. The number of hydrogen-bond donors (Lipinski definition) is 0. The lowest BCUT2D eigenvalue weighted by Crippen LogP contribution is -2.22. The molecule has 0 fully saturated rings. The molecule has 112 valence electrons. The molecule has 3 aromatic rings. The molecule has 1 heterocycles. The van der Waals surface area contributed by atoms with Crippen molar-refractivity contribution in [3.63, 3.8) is 0 Å². The maximum absolute atomic E-state index is 12.5.